The molecule has 0 unspecified atom stereocenters. The van der Waals surface area contributed by atoms with Crippen molar-refractivity contribution in [2.45, 2.75) is 6.92 Å². The lowest BCUT2D eigenvalue weighted by Gasteiger charge is -2.08. The molecule has 0 radical (unpaired) electrons. The fraction of sp³-hybridized carbons (Fsp3) is 0.111. The van der Waals surface area contributed by atoms with Gasteiger partial charge in [-0.25, -0.2) is 4.79 Å². The molecular weight excluding hydrogens is 308 g/mol. The van der Waals surface area contributed by atoms with Crippen LogP contribution in [-0.2, 0) is 0 Å². The van der Waals surface area contributed by atoms with Crippen LogP contribution in [0.15, 0.2) is 42.6 Å². The van der Waals surface area contributed by atoms with Gasteiger partial charge in [0.15, 0.2) is 0 Å². The van der Waals surface area contributed by atoms with Gasteiger partial charge in [0, 0.05) is 23.3 Å². The molecule has 2 aromatic carbocycles. The van der Waals surface area contributed by atoms with Gasteiger partial charge in [-0.1, -0.05) is 0 Å². The molecule has 24 heavy (non-hydrogen) atoms. The molecule has 120 valence electrons. The van der Waals surface area contributed by atoms with Gasteiger partial charge in [-0.05, 0) is 37.3 Å². The Morgan fingerprint density at radius 1 is 1.29 bits per heavy atom. The number of phenols is 1. The van der Waals surface area contributed by atoms with Crippen molar-refractivity contribution in [2.24, 2.45) is 0 Å². The minimum absolute atomic E-state index is 0.172. The van der Waals surface area contributed by atoms with Crippen LogP contribution in [0.2, 0.25) is 0 Å². The number of aromatic carboxylic acids is 1. The second kappa shape index (κ2) is 5.97. The van der Waals surface area contributed by atoms with Crippen LogP contribution in [0.1, 0.15) is 22.8 Å². The lowest BCUT2D eigenvalue weighted by Crippen LogP contribution is -1.99. The maximum atomic E-state index is 11.0. The second-order valence-corrected chi connectivity index (χ2v) is 5.14. The lowest BCUT2D eigenvalue weighted by molar-refractivity contribution is 0.0694. The number of aromatic hydroxyl groups is 1. The number of carboxylic acids is 1. The zero-order valence-electron chi connectivity index (χ0n) is 12.9. The minimum Gasteiger partial charge on any atom is -0.507 e. The zero-order chi connectivity index (χ0) is 17.3. The van der Waals surface area contributed by atoms with Gasteiger partial charge in [0.25, 0.3) is 0 Å². The predicted octanol–water partition coefficient (Wildman–Crippen LogP) is 3.30. The quantitative estimate of drug-likeness (QED) is 0.768. The first-order chi connectivity index (χ1) is 11.5. The molecule has 0 spiro atoms. The molecule has 3 rings (SSSR count). The number of carbonyl (C=O) groups is 1. The molecule has 6 nitrogen and oxygen atoms in total. The first kappa shape index (κ1) is 15.4. The number of carboxylic acid groups (broad SMARTS) is 1. The average molecular weight is 322 g/mol. The van der Waals surface area contributed by atoms with Crippen molar-refractivity contribution in [1.29, 1.82) is 5.26 Å². The highest BCUT2D eigenvalue weighted by Gasteiger charge is 2.14. The maximum Gasteiger partial charge on any atom is 0.339 e. The average Bonchev–Trinajstić information content (AvgIpc) is 2.92. The van der Waals surface area contributed by atoms with Gasteiger partial charge in [0.05, 0.1) is 17.7 Å². The van der Waals surface area contributed by atoms with E-state index in [1.807, 2.05) is 13.0 Å². The highest BCUT2D eigenvalue weighted by molar-refractivity contribution is 5.92. The molecule has 0 aliphatic carbocycles. The third kappa shape index (κ3) is 2.52. The van der Waals surface area contributed by atoms with E-state index in [1.54, 1.807) is 29.0 Å². The Morgan fingerprint density at radius 3 is 2.71 bits per heavy atom. The molecule has 0 fully saturated rings. The van der Waals surface area contributed by atoms with E-state index >= 15 is 0 Å². The Bertz CT molecular complexity index is 983. The largest absolute Gasteiger partial charge is 0.507 e. The molecule has 1 aromatic heterocycles. The molecular formula is C18H14N2O4. The third-order valence-electron chi connectivity index (χ3n) is 3.70. The Hall–Kier alpha value is -3.46. The molecule has 3 aromatic rings. The first-order valence-electron chi connectivity index (χ1n) is 7.30. The summed E-state index contributed by atoms with van der Waals surface area (Å²) in [4.78, 5) is 11.0. The molecule has 0 aliphatic rings. The van der Waals surface area contributed by atoms with Crippen molar-refractivity contribution in [3.8, 4) is 23.3 Å². The number of ether oxygens (including phenoxy) is 1. The molecule has 6 heteroatoms. The van der Waals surface area contributed by atoms with E-state index in [1.165, 1.54) is 12.1 Å². The van der Waals surface area contributed by atoms with Crippen LogP contribution in [0.3, 0.4) is 0 Å². The van der Waals surface area contributed by atoms with Crippen LogP contribution in [0.5, 0.6) is 11.5 Å². The second-order valence-electron chi connectivity index (χ2n) is 5.14. The van der Waals surface area contributed by atoms with Crippen LogP contribution in [0.4, 0.5) is 0 Å². The van der Waals surface area contributed by atoms with Crippen LogP contribution >= 0.6 is 0 Å². The van der Waals surface area contributed by atoms with E-state index in [4.69, 9.17) is 9.84 Å². The summed E-state index contributed by atoms with van der Waals surface area (Å²) in [5.74, 6) is -0.856. The smallest absolute Gasteiger partial charge is 0.339 e. The van der Waals surface area contributed by atoms with Gasteiger partial charge in [0.1, 0.15) is 23.1 Å². The van der Waals surface area contributed by atoms with Crippen molar-refractivity contribution in [2.75, 3.05) is 6.61 Å². The molecule has 0 saturated heterocycles. The third-order valence-corrected chi connectivity index (χ3v) is 3.70. The van der Waals surface area contributed by atoms with Crippen molar-refractivity contribution in [3.05, 3.63) is 53.7 Å². The van der Waals surface area contributed by atoms with Gasteiger partial charge in [-0.3, -0.25) is 0 Å². The highest BCUT2D eigenvalue weighted by atomic mass is 16.5. The van der Waals surface area contributed by atoms with E-state index in [0.717, 1.165) is 10.9 Å². The number of benzene rings is 2. The number of rotatable bonds is 4. The molecule has 0 bridgehead atoms. The normalized spacial score (nSPS) is 10.5. The molecule has 0 atom stereocenters. The Labute approximate surface area is 137 Å². The van der Waals surface area contributed by atoms with E-state index < -0.39 is 5.97 Å². The van der Waals surface area contributed by atoms with Gasteiger partial charge in [0.2, 0.25) is 0 Å². The van der Waals surface area contributed by atoms with Crippen molar-refractivity contribution in [3.63, 3.8) is 0 Å². The standard InChI is InChI=1S/C18H14N2O4/c1-2-24-13-4-6-16-15(8-13)11(9-19)10-20(16)12-3-5-14(18(22)23)17(21)7-12/h3-8,10,21H,2H2,1H3,(H,22,23). The van der Waals surface area contributed by atoms with Crippen LogP contribution in [0.25, 0.3) is 16.6 Å². The summed E-state index contributed by atoms with van der Waals surface area (Å²) in [5, 5.41) is 29.0. The molecule has 2 N–H and O–H groups in total. The van der Waals surface area contributed by atoms with Crippen molar-refractivity contribution in [1.82, 2.24) is 4.57 Å². The zero-order valence-corrected chi connectivity index (χ0v) is 12.9. The Morgan fingerprint density at radius 2 is 2.08 bits per heavy atom. The van der Waals surface area contributed by atoms with Crippen LogP contribution in [-0.4, -0.2) is 27.4 Å². The van der Waals surface area contributed by atoms with E-state index in [-0.39, 0.29) is 11.3 Å². The summed E-state index contributed by atoms with van der Waals surface area (Å²) >= 11 is 0. The topological polar surface area (TPSA) is 95.5 Å². The van der Waals surface area contributed by atoms with Gasteiger partial charge in [-0.2, -0.15) is 5.26 Å². The van der Waals surface area contributed by atoms with Crippen LogP contribution in [0, 0.1) is 11.3 Å². The van der Waals surface area contributed by atoms with Gasteiger partial charge in [-0.15, -0.1) is 0 Å². The van der Waals surface area contributed by atoms with Gasteiger partial charge < -0.3 is 19.5 Å². The predicted molar refractivity (Wildman–Crippen MR) is 87.8 cm³/mol. The monoisotopic (exact) mass is 322 g/mol. The first-order valence-corrected chi connectivity index (χ1v) is 7.30. The summed E-state index contributed by atoms with van der Waals surface area (Å²) in [6.07, 6.45) is 1.65. The summed E-state index contributed by atoms with van der Waals surface area (Å²) in [6.45, 7) is 2.41. The van der Waals surface area contributed by atoms with Crippen molar-refractivity contribution < 1.29 is 19.7 Å². The van der Waals surface area contributed by atoms with E-state index in [9.17, 15) is 15.2 Å². The SMILES string of the molecule is CCOc1ccc2c(c1)c(C#N)cn2-c1ccc(C(=O)O)c(O)c1. The summed E-state index contributed by atoms with van der Waals surface area (Å²) in [6, 6.07) is 11.8. The number of aromatic nitrogens is 1. The fourth-order valence-corrected chi connectivity index (χ4v) is 2.62. The number of hydrogen-bond donors (Lipinski definition) is 2. The number of nitrogens with zero attached hydrogens (tertiary/aromatic N) is 2. The number of fused-ring (bicyclic) bond motifs is 1. The van der Waals surface area contributed by atoms with Crippen molar-refractivity contribution >= 4 is 16.9 Å². The summed E-state index contributed by atoms with van der Waals surface area (Å²) in [5.41, 5.74) is 1.62. The Kier molecular flexibility index (Phi) is 3.84. The molecule has 1 heterocycles. The Balaban J connectivity index is 2.18. The number of nitriles is 1. The summed E-state index contributed by atoms with van der Waals surface area (Å²) < 4.78 is 7.20. The van der Waals surface area contributed by atoms with Crippen LogP contribution < -0.4 is 4.74 Å². The summed E-state index contributed by atoms with van der Waals surface area (Å²) in [7, 11) is 0. The highest BCUT2D eigenvalue weighted by Crippen LogP contribution is 2.30. The lowest BCUT2D eigenvalue weighted by atomic mass is 10.1. The van der Waals surface area contributed by atoms with E-state index in [2.05, 4.69) is 6.07 Å². The molecule has 0 saturated carbocycles. The fourth-order valence-electron chi connectivity index (χ4n) is 2.62. The van der Waals surface area contributed by atoms with Gasteiger partial charge >= 0.3 is 5.97 Å². The van der Waals surface area contributed by atoms with E-state index in [0.29, 0.717) is 23.6 Å². The number of hydrogen-bond acceptors (Lipinski definition) is 4. The molecule has 0 aliphatic heterocycles. The molecule has 0 amide bonds. The minimum atomic E-state index is -1.20. The maximum absolute atomic E-state index is 11.0.